The van der Waals surface area contributed by atoms with Crippen LogP contribution in [0.3, 0.4) is 0 Å². The molecule has 1 fully saturated rings. The molecule has 1 aliphatic rings. The molecule has 6 nitrogen and oxygen atoms in total. The number of rotatable bonds is 4. The summed E-state index contributed by atoms with van der Waals surface area (Å²) >= 11 is 0. The van der Waals surface area contributed by atoms with Crippen molar-refractivity contribution in [1.29, 1.82) is 0 Å². The molecule has 1 saturated heterocycles. The first-order valence-corrected chi connectivity index (χ1v) is 7.48. The third-order valence-electron chi connectivity index (χ3n) is 4.55. The van der Waals surface area contributed by atoms with Gasteiger partial charge in [-0.1, -0.05) is 0 Å². The summed E-state index contributed by atoms with van der Waals surface area (Å²) in [6.07, 6.45) is 2.26. The highest BCUT2D eigenvalue weighted by Crippen LogP contribution is 2.31. The summed E-state index contributed by atoms with van der Waals surface area (Å²) in [6, 6.07) is 5.47. The molecule has 1 aliphatic heterocycles. The molecule has 2 heterocycles. The van der Waals surface area contributed by atoms with Crippen LogP contribution in [-0.4, -0.2) is 42.1 Å². The van der Waals surface area contributed by atoms with E-state index in [0.29, 0.717) is 24.3 Å². The van der Waals surface area contributed by atoms with E-state index in [1.807, 2.05) is 12.1 Å². The fraction of sp³-hybridized carbons (Fsp3) is 0.412. The fourth-order valence-electron chi connectivity index (χ4n) is 2.95. The lowest BCUT2D eigenvalue weighted by Crippen LogP contribution is -2.35. The van der Waals surface area contributed by atoms with Gasteiger partial charge in [0.05, 0.1) is 25.2 Å². The van der Waals surface area contributed by atoms with Crippen molar-refractivity contribution in [3.8, 4) is 5.75 Å². The largest absolute Gasteiger partial charge is 0.497 e. The zero-order valence-electron chi connectivity index (χ0n) is 13.2. The Bertz CT molecular complexity index is 765. The van der Waals surface area contributed by atoms with Crippen LogP contribution < -0.4 is 4.74 Å². The molecule has 1 atom stereocenters. The van der Waals surface area contributed by atoms with Crippen molar-refractivity contribution in [1.82, 2.24) is 4.90 Å². The van der Waals surface area contributed by atoms with Crippen LogP contribution in [0.5, 0.6) is 5.75 Å². The summed E-state index contributed by atoms with van der Waals surface area (Å²) in [5.74, 6) is -0.233. The van der Waals surface area contributed by atoms with Crippen molar-refractivity contribution < 1.29 is 23.8 Å². The number of carbonyl (C=O) groups excluding carboxylic acids is 1. The molecule has 0 unspecified atom stereocenters. The highest BCUT2D eigenvalue weighted by molar-refractivity contribution is 5.89. The number of fused-ring (bicyclic) bond motifs is 1. The third kappa shape index (κ3) is 2.76. The van der Waals surface area contributed by atoms with Crippen LogP contribution in [0.1, 0.15) is 18.9 Å². The first kappa shape index (κ1) is 15.4. The number of amides is 1. The second-order valence-electron chi connectivity index (χ2n) is 6.23. The van der Waals surface area contributed by atoms with Crippen molar-refractivity contribution in [3.63, 3.8) is 0 Å². The molecule has 2 aromatic rings. The van der Waals surface area contributed by atoms with E-state index in [9.17, 15) is 14.7 Å². The van der Waals surface area contributed by atoms with Gasteiger partial charge in [0, 0.05) is 30.1 Å². The quantitative estimate of drug-likeness (QED) is 0.936. The van der Waals surface area contributed by atoms with Gasteiger partial charge in [0.2, 0.25) is 5.91 Å². The number of hydrogen-bond acceptors (Lipinski definition) is 4. The number of hydrogen-bond donors (Lipinski definition) is 1. The first-order valence-electron chi connectivity index (χ1n) is 7.48. The summed E-state index contributed by atoms with van der Waals surface area (Å²) in [7, 11) is 1.58. The van der Waals surface area contributed by atoms with Gasteiger partial charge in [-0.3, -0.25) is 9.59 Å². The molecule has 122 valence electrons. The smallest absolute Gasteiger partial charge is 0.311 e. The molecule has 1 amide bonds. The van der Waals surface area contributed by atoms with E-state index in [1.54, 1.807) is 31.3 Å². The van der Waals surface area contributed by atoms with E-state index in [-0.39, 0.29) is 18.9 Å². The number of benzene rings is 1. The van der Waals surface area contributed by atoms with Gasteiger partial charge in [0.25, 0.3) is 0 Å². The van der Waals surface area contributed by atoms with Crippen molar-refractivity contribution in [2.75, 3.05) is 20.2 Å². The molecule has 1 aromatic heterocycles. The number of methoxy groups -OCH3 is 1. The second-order valence-corrected chi connectivity index (χ2v) is 6.23. The van der Waals surface area contributed by atoms with Gasteiger partial charge in [-0.25, -0.2) is 0 Å². The summed E-state index contributed by atoms with van der Waals surface area (Å²) in [6.45, 7) is 2.41. The standard InChI is InChI=1S/C17H19NO5/c1-17(16(20)21)5-6-18(10-17)15(19)7-11-9-23-14-8-12(22-2)3-4-13(11)14/h3-4,8-9H,5-7,10H2,1-2H3,(H,20,21)/t17-/m0/s1. The Labute approximate surface area is 133 Å². The highest BCUT2D eigenvalue weighted by atomic mass is 16.5. The number of carboxylic acids is 1. The average Bonchev–Trinajstić information content (AvgIpc) is 3.12. The Morgan fingerprint density at radius 1 is 1.43 bits per heavy atom. The van der Waals surface area contributed by atoms with E-state index >= 15 is 0 Å². The average molecular weight is 317 g/mol. The predicted octanol–water partition coefficient (Wildman–Crippen LogP) is 2.31. The van der Waals surface area contributed by atoms with Crippen LogP contribution in [0, 0.1) is 5.41 Å². The molecule has 0 spiro atoms. The zero-order chi connectivity index (χ0) is 16.6. The maximum atomic E-state index is 12.5. The maximum absolute atomic E-state index is 12.5. The number of aliphatic carboxylic acids is 1. The SMILES string of the molecule is COc1ccc2c(CC(=O)N3CC[C@](C)(C(=O)O)C3)coc2c1. The normalized spacial score (nSPS) is 20.9. The van der Waals surface area contributed by atoms with Gasteiger partial charge in [-0.15, -0.1) is 0 Å². The van der Waals surface area contributed by atoms with Gasteiger partial charge >= 0.3 is 5.97 Å². The summed E-state index contributed by atoms with van der Waals surface area (Å²) in [4.78, 5) is 25.4. The summed E-state index contributed by atoms with van der Waals surface area (Å²) in [5.41, 5.74) is 0.627. The molecule has 0 aliphatic carbocycles. The predicted molar refractivity (Wildman–Crippen MR) is 83.4 cm³/mol. The van der Waals surface area contributed by atoms with E-state index in [1.165, 1.54) is 0 Å². The lowest BCUT2D eigenvalue weighted by Gasteiger charge is -2.20. The van der Waals surface area contributed by atoms with Crippen LogP contribution in [0.15, 0.2) is 28.9 Å². The van der Waals surface area contributed by atoms with Crippen LogP contribution in [-0.2, 0) is 16.0 Å². The molecule has 3 rings (SSSR count). The molecular formula is C17H19NO5. The number of carboxylic acid groups (broad SMARTS) is 1. The summed E-state index contributed by atoms with van der Waals surface area (Å²) in [5, 5.41) is 10.1. The number of likely N-dealkylation sites (tertiary alicyclic amines) is 1. The van der Waals surface area contributed by atoms with Crippen LogP contribution in [0.4, 0.5) is 0 Å². The molecule has 1 N–H and O–H groups in total. The minimum Gasteiger partial charge on any atom is -0.497 e. The van der Waals surface area contributed by atoms with Crippen molar-refractivity contribution in [3.05, 3.63) is 30.0 Å². The molecule has 1 aromatic carbocycles. The molecular weight excluding hydrogens is 298 g/mol. The Morgan fingerprint density at radius 3 is 2.87 bits per heavy atom. The van der Waals surface area contributed by atoms with Gasteiger partial charge in [-0.2, -0.15) is 0 Å². The molecule has 23 heavy (non-hydrogen) atoms. The number of carbonyl (C=O) groups is 2. The van der Waals surface area contributed by atoms with E-state index in [2.05, 4.69) is 0 Å². The van der Waals surface area contributed by atoms with E-state index in [4.69, 9.17) is 9.15 Å². The Morgan fingerprint density at radius 2 is 2.22 bits per heavy atom. The Balaban J connectivity index is 1.75. The minimum absolute atomic E-state index is 0.0755. The number of furan rings is 1. The monoisotopic (exact) mass is 317 g/mol. The lowest BCUT2D eigenvalue weighted by molar-refractivity contribution is -0.147. The first-order chi connectivity index (χ1) is 10.9. The Hall–Kier alpha value is -2.50. The van der Waals surface area contributed by atoms with Crippen molar-refractivity contribution in [2.24, 2.45) is 5.41 Å². The van der Waals surface area contributed by atoms with E-state index < -0.39 is 11.4 Å². The number of nitrogens with zero attached hydrogens (tertiary/aromatic N) is 1. The van der Waals surface area contributed by atoms with Crippen LogP contribution >= 0.6 is 0 Å². The van der Waals surface area contributed by atoms with Gasteiger partial charge in [0.1, 0.15) is 11.3 Å². The molecule has 0 saturated carbocycles. The lowest BCUT2D eigenvalue weighted by atomic mass is 9.90. The highest BCUT2D eigenvalue weighted by Gasteiger charge is 2.42. The molecule has 0 bridgehead atoms. The third-order valence-corrected chi connectivity index (χ3v) is 4.55. The maximum Gasteiger partial charge on any atom is 0.311 e. The Kier molecular flexibility index (Phi) is 3.75. The molecule has 0 radical (unpaired) electrons. The fourth-order valence-corrected chi connectivity index (χ4v) is 2.95. The van der Waals surface area contributed by atoms with E-state index in [0.717, 1.165) is 10.9 Å². The number of ether oxygens (including phenoxy) is 1. The summed E-state index contributed by atoms with van der Waals surface area (Å²) < 4.78 is 10.6. The minimum atomic E-state index is -0.853. The second kappa shape index (κ2) is 5.61. The zero-order valence-corrected chi connectivity index (χ0v) is 13.2. The molecule has 6 heteroatoms. The van der Waals surface area contributed by atoms with Crippen molar-refractivity contribution >= 4 is 22.8 Å². The van der Waals surface area contributed by atoms with Crippen LogP contribution in [0.2, 0.25) is 0 Å². The van der Waals surface area contributed by atoms with Gasteiger partial charge in [0.15, 0.2) is 0 Å². The van der Waals surface area contributed by atoms with Gasteiger partial charge < -0.3 is 19.2 Å². The topological polar surface area (TPSA) is 80.0 Å². The van der Waals surface area contributed by atoms with Crippen molar-refractivity contribution in [2.45, 2.75) is 19.8 Å². The van der Waals surface area contributed by atoms with Gasteiger partial charge in [-0.05, 0) is 25.5 Å². The van der Waals surface area contributed by atoms with Crippen LogP contribution in [0.25, 0.3) is 11.0 Å².